The molecule has 0 saturated heterocycles. The van der Waals surface area contributed by atoms with E-state index < -0.39 is 10.0 Å². The van der Waals surface area contributed by atoms with Gasteiger partial charge in [0.1, 0.15) is 0 Å². The highest BCUT2D eigenvalue weighted by atomic mass is 32.2. The topological polar surface area (TPSA) is 88.2 Å². The Bertz CT molecular complexity index is 975. The fraction of sp³-hybridized carbons (Fsp3) is 0.316. The number of fused-ring (bicyclic) bond motifs is 1. The smallest absolute Gasteiger partial charge is 0.242 e. The summed E-state index contributed by atoms with van der Waals surface area (Å²) in [6, 6.07) is 11.9. The normalized spacial score (nSPS) is 13.2. The van der Waals surface area contributed by atoms with Gasteiger partial charge in [-0.1, -0.05) is 12.1 Å². The molecule has 28 heavy (non-hydrogen) atoms. The molecule has 2 aromatic rings. The van der Waals surface area contributed by atoms with Gasteiger partial charge < -0.3 is 14.8 Å². The Labute approximate surface area is 164 Å². The number of hydrogen-bond acceptors (Lipinski definition) is 6. The van der Waals surface area contributed by atoms with E-state index in [1.165, 1.54) is 26.2 Å². The molecule has 0 fully saturated rings. The van der Waals surface area contributed by atoms with Gasteiger partial charge in [-0.2, -0.15) is 0 Å². The Morgan fingerprint density at radius 2 is 1.82 bits per heavy atom. The van der Waals surface area contributed by atoms with Crippen molar-refractivity contribution in [2.24, 2.45) is 0 Å². The van der Waals surface area contributed by atoms with Crippen LogP contribution >= 0.6 is 0 Å². The Morgan fingerprint density at radius 1 is 1.07 bits per heavy atom. The van der Waals surface area contributed by atoms with Crippen molar-refractivity contribution in [1.82, 2.24) is 9.21 Å². The molecule has 1 aliphatic rings. The van der Waals surface area contributed by atoms with Crippen molar-refractivity contribution in [3.8, 4) is 11.5 Å². The minimum Gasteiger partial charge on any atom is -0.454 e. The van der Waals surface area contributed by atoms with Gasteiger partial charge in [0.05, 0.1) is 11.4 Å². The van der Waals surface area contributed by atoms with Crippen LogP contribution in [0, 0.1) is 0 Å². The van der Waals surface area contributed by atoms with Gasteiger partial charge >= 0.3 is 0 Å². The molecule has 0 radical (unpaired) electrons. The Hall–Kier alpha value is -2.62. The molecule has 1 N–H and O–H groups in total. The van der Waals surface area contributed by atoms with Crippen LogP contribution in [0.2, 0.25) is 0 Å². The molecule has 0 saturated carbocycles. The molecule has 0 aliphatic carbocycles. The zero-order chi connectivity index (χ0) is 20.3. The predicted molar refractivity (Wildman–Crippen MR) is 105 cm³/mol. The largest absolute Gasteiger partial charge is 0.454 e. The zero-order valence-corrected chi connectivity index (χ0v) is 16.8. The molecular weight excluding hydrogens is 382 g/mol. The molecule has 9 heteroatoms. The fourth-order valence-corrected chi connectivity index (χ4v) is 3.75. The number of sulfonamides is 1. The molecule has 150 valence electrons. The molecule has 8 nitrogen and oxygen atoms in total. The van der Waals surface area contributed by atoms with Crippen molar-refractivity contribution in [1.29, 1.82) is 0 Å². The van der Waals surface area contributed by atoms with Crippen LogP contribution in [0.15, 0.2) is 47.4 Å². The number of nitrogens with zero attached hydrogens (tertiary/aromatic N) is 2. The van der Waals surface area contributed by atoms with Gasteiger partial charge in [-0.15, -0.1) is 0 Å². The Balaban J connectivity index is 1.59. The molecule has 0 bridgehead atoms. The number of anilines is 1. The number of carbonyl (C=O) groups is 1. The van der Waals surface area contributed by atoms with Crippen molar-refractivity contribution in [3.05, 3.63) is 48.0 Å². The van der Waals surface area contributed by atoms with E-state index in [0.717, 1.165) is 15.6 Å². The van der Waals surface area contributed by atoms with E-state index in [1.54, 1.807) is 12.1 Å². The molecule has 1 amide bonds. The lowest BCUT2D eigenvalue weighted by Crippen LogP contribution is -2.30. The summed E-state index contributed by atoms with van der Waals surface area (Å²) in [5, 5.41) is 2.74. The van der Waals surface area contributed by atoms with Crippen LogP contribution in [-0.2, 0) is 21.4 Å². The van der Waals surface area contributed by atoms with Crippen molar-refractivity contribution in [2.75, 3.05) is 39.8 Å². The van der Waals surface area contributed by atoms with Gasteiger partial charge in [0.25, 0.3) is 0 Å². The zero-order valence-electron chi connectivity index (χ0n) is 16.0. The van der Waals surface area contributed by atoms with Gasteiger partial charge in [0.2, 0.25) is 22.7 Å². The van der Waals surface area contributed by atoms with E-state index in [9.17, 15) is 13.2 Å². The summed E-state index contributed by atoms with van der Waals surface area (Å²) >= 11 is 0. The van der Waals surface area contributed by atoms with E-state index in [1.807, 2.05) is 30.1 Å². The summed E-state index contributed by atoms with van der Waals surface area (Å²) in [5.74, 6) is 1.19. The minimum absolute atomic E-state index is 0.129. The molecule has 0 spiro atoms. The van der Waals surface area contributed by atoms with Crippen molar-refractivity contribution in [2.45, 2.75) is 11.4 Å². The third kappa shape index (κ3) is 4.61. The number of ether oxygens (including phenoxy) is 2. The first-order valence-corrected chi connectivity index (χ1v) is 10.1. The second-order valence-corrected chi connectivity index (χ2v) is 8.88. The number of hydrogen-bond donors (Lipinski definition) is 1. The van der Waals surface area contributed by atoms with E-state index in [0.29, 0.717) is 18.0 Å². The van der Waals surface area contributed by atoms with E-state index in [-0.39, 0.29) is 24.1 Å². The van der Waals surface area contributed by atoms with Gasteiger partial charge in [-0.05, 0) is 42.9 Å². The lowest BCUT2D eigenvalue weighted by Gasteiger charge is -2.17. The molecule has 0 aromatic heterocycles. The highest BCUT2D eigenvalue weighted by Crippen LogP contribution is 2.32. The van der Waals surface area contributed by atoms with E-state index in [4.69, 9.17) is 9.47 Å². The summed E-state index contributed by atoms with van der Waals surface area (Å²) < 4.78 is 36.2. The van der Waals surface area contributed by atoms with Crippen LogP contribution in [0.1, 0.15) is 5.56 Å². The molecular formula is C19H23N3O5S. The first-order chi connectivity index (χ1) is 13.3. The number of likely N-dealkylation sites (N-methyl/N-ethyl adjacent to an activating group) is 1. The summed E-state index contributed by atoms with van der Waals surface area (Å²) in [5.41, 5.74) is 1.43. The van der Waals surface area contributed by atoms with Gasteiger partial charge in [-0.25, -0.2) is 12.7 Å². The van der Waals surface area contributed by atoms with Crippen molar-refractivity contribution >= 4 is 21.6 Å². The quantitative estimate of drug-likeness (QED) is 0.755. The van der Waals surface area contributed by atoms with Crippen LogP contribution in [0.3, 0.4) is 0 Å². The predicted octanol–water partition coefficient (Wildman–Crippen LogP) is 1.74. The molecule has 3 rings (SSSR count). The number of rotatable bonds is 7. The lowest BCUT2D eigenvalue weighted by molar-refractivity contribution is -0.117. The third-order valence-corrected chi connectivity index (χ3v) is 6.01. The highest BCUT2D eigenvalue weighted by Gasteiger charge is 2.18. The summed E-state index contributed by atoms with van der Waals surface area (Å²) in [4.78, 5) is 14.3. The monoisotopic (exact) mass is 405 g/mol. The van der Waals surface area contributed by atoms with Crippen LogP contribution in [0.5, 0.6) is 11.5 Å². The van der Waals surface area contributed by atoms with E-state index >= 15 is 0 Å². The summed E-state index contributed by atoms with van der Waals surface area (Å²) in [7, 11) is 1.20. The number of carbonyl (C=O) groups excluding carboxylic acids is 1. The number of nitrogens with one attached hydrogen (secondary N) is 1. The number of amides is 1. The average Bonchev–Trinajstić information content (AvgIpc) is 3.09. The third-order valence-electron chi connectivity index (χ3n) is 4.20. The highest BCUT2D eigenvalue weighted by molar-refractivity contribution is 7.89. The first-order valence-electron chi connectivity index (χ1n) is 8.65. The second-order valence-electron chi connectivity index (χ2n) is 6.72. The maximum absolute atomic E-state index is 12.3. The van der Waals surface area contributed by atoms with Crippen molar-refractivity contribution in [3.63, 3.8) is 0 Å². The average molecular weight is 405 g/mol. The maximum atomic E-state index is 12.3. The van der Waals surface area contributed by atoms with E-state index in [2.05, 4.69) is 5.32 Å². The lowest BCUT2D eigenvalue weighted by atomic mass is 10.2. The Morgan fingerprint density at radius 3 is 2.57 bits per heavy atom. The molecule has 0 atom stereocenters. The molecule has 2 aromatic carbocycles. The standard InChI is InChI=1S/C19H23N3O5S/c1-21(2)28(24,25)16-6-4-5-15(10-16)20-19(23)12-22(3)11-14-7-8-17-18(9-14)27-13-26-17/h4-10H,11-13H2,1-3H3,(H,20,23). The molecule has 1 heterocycles. The Kier molecular flexibility index (Phi) is 5.87. The number of benzene rings is 2. The van der Waals surface area contributed by atoms with Gasteiger partial charge in [0, 0.05) is 26.3 Å². The van der Waals surface area contributed by atoms with Crippen LogP contribution in [0.4, 0.5) is 5.69 Å². The first kappa shape index (κ1) is 20.1. The van der Waals surface area contributed by atoms with Crippen molar-refractivity contribution < 1.29 is 22.7 Å². The summed E-state index contributed by atoms with van der Waals surface area (Å²) in [6.45, 7) is 0.928. The molecule has 1 aliphatic heterocycles. The fourth-order valence-electron chi connectivity index (χ4n) is 2.80. The molecule has 0 unspecified atom stereocenters. The van der Waals surface area contributed by atoms with Gasteiger partial charge in [0.15, 0.2) is 11.5 Å². The minimum atomic E-state index is -3.55. The second kappa shape index (κ2) is 8.17. The van der Waals surface area contributed by atoms with Gasteiger partial charge in [-0.3, -0.25) is 9.69 Å². The SMILES string of the molecule is CN(CC(=O)Nc1cccc(S(=O)(=O)N(C)C)c1)Cc1ccc2c(c1)OCO2. The summed E-state index contributed by atoms with van der Waals surface area (Å²) in [6.07, 6.45) is 0. The van der Waals surface area contributed by atoms with Crippen LogP contribution in [0.25, 0.3) is 0 Å². The van der Waals surface area contributed by atoms with Crippen LogP contribution in [-0.4, -0.2) is 58.0 Å². The maximum Gasteiger partial charge on any atom is 0.242 e. The van der Waals surface area contributed by atoms with Crippen LogP contribution < -0.4 is 14.8 Å².